The highest BCUT2D eigenvalue weighted by atomic mass is 16.7. The van der Waals surface area contributed by atoms with Gasteiger partial charge in [-0.25, -0.2) is 4.79 Å². The minimum Gasteiger partial charge on any atom is -0.497 e. The van der Waals surface area contributed by atoms with Gasteiger partial charge in [-0.3, -0.25) is 4.90 Å². The standard InChI is InChI=1S/C24H24N4O5/c1-4-10-28-14(2)20(21(25-24(28)29)15-6-5-7-17(11-15)30-3)23-26-22(27-33-23)16-8-9-18-19(12-16)32-13-31-18/h5-9,11-12,21H,4,10,13H2,1-3H3,(H,25,29). The minimum atomic E-state index is -0.467. The van der Waals surface area contributed by atoms with Crippen molar-refractivity contribution in [2.75, 3.05) is 20.4 Å². The molecule has 1 N–H and O–H groups in total. The van der Waals surface area contributed by atoms with Gasteiger partial charge in [-0.2, -0.15) is 4.98 Å². The van der Waals surface area contributed by atoms with Gasteiger partial charge >= 0.3 is 6.03 Å². The van der Waals surface area contributed by atoms with E-state index in [2.05, 4.69) is 15.5 Å². The van der Waals surface area contributed by atoms with E-state index >= 15 is 0 Å². The van der Waals surface area contributed by atoms with Gasteiger partial charge in [0.1, 0.15) is 5.75 Å². The Balaban J connectivity index is 1.58. The molecule has 0 saturated carbocycles. The van der Waals surface area contributed by atoms with E-state index < -0.39 is 6.04 Å². The lowest BCUT2D eigenvalue weighted by atomic mass is 9.94. The maximum atomic E-state index is 12.9. The summed E-state index contributed by atoms with van der Waals surface area (Å²) in [6.07, 6.45) is 0.814. The molecule has 2 aliphatic heterocycles. The fourth-order valence-electron chi connectivity index (χ4n) is 4.11. The van der Waals surface area contributed by atoms with Gasteiger partial charge in [0.05, 0.1) is 18.7 Å². The molecule has 9 heteroatoms. The summed E-state index contributed by atoms with van der Waals surface area (Å²) in [6.45, 7) is 4.70. The summed E-state index contributed by atoms with van der Waals surface area (Å²) in [5, 5.41) is 7.29. The number of benzene rings is 2. The number of ether oxygens (including phenoxy) is 3. The van der Waals surface area contributed by atoms with Crippen LogP contribution in [0.2, 0.25) is 0 Å². The number of hydrogen-bond donors (Lipinski definition) is 1. The van der Waals surface area contributed by atoms with Crippen LogP contribution in [0.15, 0.2) is 52.7 Å². The molecule has 0 spiro atoms. The Morgan fingerprint density at radius 3 is 2.85 bits per heavy atom. The quantitative estimate of drug-likeness (QED) is 0.597. The van der Waals surface area contributed by atoms with Gasteiger partial charge in [0.15, 0.2) is 11.5 Å². The summed E-state index contributed by atoms with van der Waals surface area (Å²) in [6, 6.07) is 12.4. The Hall–Kier alpha value is -4.01. The lowest BCUT2D eigenvalue weighted by Crippen LogP contribution is -2.46. The van der Waals surface area contributed by atoms with Gasteiger partial charge < -0.3 is 24.1 Å². The van der Waals surface area contributed by atoms with E-state index in [1.807, 2.05) is 56.3 Å². The minimum absolute atomic E-state index is 0.165. The molecular formula is C24H24N4O5. The van der Waals surface area contributed by atoms with Gasteiger partial charge in [-0.1, -0.05) is 24.2 Å². The Morgan fingerprint density at radius 1 is 1.18 bits per heavy atom. The SMILES string of the molecule is CCCN1C(=O)NC(c2cccc(OC)c2)C(c2nc(-c3ccc4c(c3)OCO4)no2)=C1C. The number of hydrogen-bond acceptors (Lipinski definition) is 7. The first-order valence-corrected chi connectivity index (χ1v) is 10.8. The maximum absolute atomic E-state index is 12.9. The number of aromatic nitrogens is 2. The van der Waals surface area contributed by atoms with Crippen molar-refractivity contribution in [3.8, 4) is 28.6 Å². The average molecular weight is 448 g/mol. The molecule has 2 amide bonds. The fourth-order valence-corrected chi connectivity index (χ4v) is 4.11. The molecule has 2 aromatic carbocycles. The summed E-state index contributed by atoms with van der Waals surface area (Å²) >= 11 is 0. The van der Waals surface area contributed by atoms with E-state index in [9.17, 15) is 4.79 Å². The second kappa shape index (κ2) is 8.50. The third-order valence-corrected chi connectivity index (χ3v) is 5.76. The fraction of sp³-hybridized carbons (Fsp3) is 0.292. The summed E-state index contributed by atoms with van der Waals surface area (Å²) in [7, 11) is 1.61. The van der Waals surface area contributed by atoms with E-state index in [1.54, 1.807) is 12.0 Å². The normalized spacial score (nSPS) is 17.4. The van der Waals surface area contributed by atoms with Gasteiger partial charge in [-0.15, -0.1) is 0 Å². The van der Waals surface area contributed by atoms with Gasteiger partial charge in [-0.05, 0) is 49.2 Å². The molecule has 0 aliphatic carbocycles. The Kier molecular flexibility index (Phi) is 5.37. The van der Waals surface area contributed by atoms with Crippen molar-refractivity contribution >= 4 is 11.6 Å². The number of methoxy groups -OCH3 is 1. The number of nitrogens with zero attached hydrogens (tertiary/aromatic N) is 3. The maximum Gasteiger partial charge on any atom is 0.322 e. The van der Waals surface area contributed by atoms with Crippen LogP contribution in [0.5, 0.6) is 17.2 Å². The molecule has 0 fully saturated rings. The molecule has 0 saturated heterocycles. The van der Waals surface area contributed by atoms with E-state index in [0.29, 0.717) is 35.5 Å². The third kappa shape index (κ3) is 3.75. The zero-order chi connectivity index (χ0) is 22.9. The molecule has 0 bridgehead atoms. The number of carbonyl (C=O) groups excluding carboxylic acids is 1. The summed E-state index contributed by atoms with van der Waals surface area (Å²) in [4.78, 5) is 19.3. The lowest BCUT2D eigenvalue weighted by molar-refractivity contribution is 0.174. The molecule has 33 heavy (non-hydrogen) atoms. The van der Waals surface area contributed by atoms with Crippen LogP contribution in [0.4, 0.5) is 4.79 Å². The first kappa shape index (κ1) is 20.9. The first-order chi connectivity index (χ1) is 16.1. The highest BCUT2D eigenvalue weighted by Gasteiger charge is 2.35. The summed E-state index contributed by atoms with van der Waals surface area (Å²) in [5.41, 5.74) is 3.12. The van der Waals surface area contributed by atoms with Gasteiger partial charge in [0, 0.05) is 17.8 Å². The number of amides is 2. The van der Waals surface area contributed by atoms with Gasteiger partial charge in [0.25, 0.3) is 5.89 Å². The Labute approximate surface area is 190 Å². The van der Waals surface area contributed by atoms with Crippen LogP contribution in [0.3, 0.4) is 0 Å². The van der Waals surface area contributed by atoms with Crippen LogP contribution in [0.25, 0.3) is 17.0 Å². The molecule has 3 aromatic rings. The predicted octanol–water partition coefficient (Wildman–Crippen LogP) is 4.38. The number of nitrogens with one attached hydrogen (secondary N) is 1. The van der Waals surface area contributed by atoms with E-state index in [-0.39, 0.29) is 12.8 Å². The van der Waals surface area contributed by atoms with Crippen molar-refractivity contribution in [2.45, 2.75) is 26.3 Å². The Bertz CT molecular complexity index is 1240. The van der Waals surface area contributed by atoms with E-state index in [4.69, 9.17) is 18.7 Å². The van der Waals surface area contributed by atoms with Crippen molar-refractivity contribution in [3.05, 3.63) is 59.6 Å². The second-order valence-corrected chi connectivity index (χ2v) is 7.80. The zero-order valence-electron chi connectivity index (χ0n) is 18.6. The summed E-state index contributed by atoms with van der Waals surface area (Å²) in [5.74, 6) is 2.79. The van der Waals surface area contributed by atoms with Crippen molar-refractivity contribution in [3.63, 3.8) is 0 Å². The van der Waals surface area contributed by atoms with Crippen molar-refractivity contribution in [1.29, 1.82) is 0 Å². The van der Waals surface area contributed by atoms with Crippen molar-refractivity contribution in [1.82, 2.24) is 20.4 Å². The van der Waals surface area contributed by atoms with Crippen LogP contribution in [0.1, 0.15) is 37.8 Å². The molecule has 9 nitrogen and oxygen atoms in total. The van der Waals surface area contributed by atoms with Crippen molar-refractivity contribution < 1.29 is 23.5 Å². The molecular weight excluding hydrogens is 424 g/mol. The molecule has 5 rings (SSSR count). The van der Waals surface area contributed by atoms with E-state index in [1.165, 1.54) is 0 Å². The predicted molar refractivity (Wildman–Crippen MR) is 120 cm³/mol. The van der Waals surface area contributed by atoms with E-state index in [0.717, 1.165) is 28.8 Å². The molecule has 1 unspecified atom stereocenters. The molecule has 170 valence electrons. The number of fused-ring (bicyclic) bond motifs is 1. The molecule has 1 atom stereocenters. The number of urea groups is 1. The average Bonchev–Trinajstić information content (AvgIpc) is 3.50. The Morgan fingerprint density at radius 2 is 2.03 bits per heavy atom. The number of carbonyl (C=O) groups is 1. The summed E-state index contributed by atoms with van der Waals surface area (Å²) < 4.78 is 22.0. The smallest absolute Gasteiger partial charge is 0.322 e. The highest BCUT2D eigenvalue weighted by Crippen LogP contribution is 2.39. The number of rotatable bonds is 6. The first-order valence-electron chi connectivity index (χ1n) is 10.8. The topological polar surface area (TPSA) is 99.0 Å². The zero-order valence-corrected chi connectivity index (χ0v) is 18.6. The van der Waals surface area contributed by atoms with Crippen LogP contribution in [0, 0.1) is 0 Å². The molecule has 2 aliphatic rings. The lowest BCUT2D eigenvalue weighted by Gasteiger charge is -2.35. The number of allylic oxidation sites excluding steroid dienone is 1. The van der Waals surface area contributed by atoms with Crippen LogP contribution < -0.4 is 19.5 Å². The van der Waals surface area contributed by atoms with Gasteiger partial charge in [0.2, 0.25) is 12.6 Å². The molecule has 3 heterocycles. The largest absolute Gasteiger partial charge is 0.497 e. The van der Waals surface area contributed by atoms with Crippen LogP contribution in [-0.4, -0.2) is 41.5 Å². The second-order valence-electron chi connectivity index (χ2n) is 7.80. The van der Waals surface area contributed by atoms with Crippen LogP contribution in [-0.2, 0) is 0 Å². The molecule has 0 radical (unpaired) electrons. The third-order valence-electron chi connectivity index (χ3n) is 5.76. The highest BCUT2D eigenvalue weighted by molar-refractivity contribution is 5.87. The monoisotopic (exact) mass is 448 g/mol. The van der Waals surface area contributed by atoms with Crippen molar-refractivity contribution in [2.24, 2.45) is 0 Å². The molecule has 1 aromatic heterocycles. The van der Waals surface area contributed by atoms with Crippen LogP contribution >= 0.6 is 0 Å².